The lowest BCUT2D eigenvalue weighted by Crippen LogP contribution is -2.09. The van der Waals surface area contributed by atoms with Crippen molar-refractivity contribution in [2.75, 3.05) is 30.4 Å². The zero-order valence-electron chi connectivity index (χ0n) is 21.6. The molecule has 1 aromatic heterocycles. The fraction of sp³-hybridized carbons (Fsp3) is 0.258. The van der Waals surface area contributed by atoms with Crippen LogP contribution in [0.25, 0.3) is 40.0 Å². The first kappa shape index (κ1) is 25.3. The summed E-state index contributed by atoms with van der Waals surface area (Å²) >= 11 is 0. The van der Waals surface area contributed by atoms with Crippen LogP contribution in [0.2, 0.25) is 0 Å². The molecule has 0 saturated carbocycles. The molecular weight excluding hydrogens is 444 g/mol. The van der Waals surface area contributed by atoms with Crippen molar-refractivity contribution in [3.8, 4) is 33.9 Å². The Morgan fingerprint density at radius 3 is 2.11 bits per heavy atom. The summed E-state index contributed by atoms with van der Waals surface area (Å²) < 4.78 is 5.39. The van der Waals surface area contributed by atoms with Gasteiger partial charge in [-0.05, 0) is 57.5 Å². The van der Waals surface area contributed by atoms with Gasteiger partial charge in [-0.25, -0.2) is 4.98 Å². The number of aromatic nitrogens is 2. The maximum absolute atomic E-state index is 5.39. The zero-order valence-corrected chi connectivity index (χ0v) is 21.6. The summed E-state index contributed by atoms with van der Waals surface area (Å²) in [6.45, 7) is 10.6. The maximum atomic E-state index is 5.39. The second-order valence-electron chi connectivity index (χ2n) is 8.98. The smallest absolute Gasteiger partial charge is 0.138 e. The van der Waals surface area contributed by atoms with E-state index in [2.05, 4.69) is 115 Å². The summed E-state index contributed by atoms with van der Waals surface area (Å²) in [5, 5.41) is 6.82. The van der Waals surface area contributed by atoms with E-state index in [4.69, 9.17) is 9.72 Å². The van der Waals surface area contributed by atoms with Gasteiger partial charge in [0, 0.05) is 47.3 Å². The van der Waals surface area contributed by atoms with Gasteiger partial charge in [0.15, 0.2) is 0 Å². The number of aromatic amines is 1. The van der Waals surface area contributed by atoms with E-state index in [1.54, 1.807) is 0 Å². The zero-order chi connectivity index (χ0) is 25.3. The molecule has 0 aliphatic rings. The van der Waals surface area contributed by atoms with Gasteiger partial charge in [-0.2, -0.15) is 0 Å². The topological polar surface area (TPSA) is 62.0 Å². The van der Waals surface area contributed by atoms with Gasteiger partial charge in [0.05, 0.1) is 18.0 Å². The van der Waals surface area contributed by atoms with E-state index in [0.717, 1.165) is 64.0 Å². The van der Waals surface area contributed by atoms with Gasteiger partial charge in [0.1, 0.15) is 5.82 Å². The van der Waals surface area contributed by atoms with Gasteiger partial charge in [0.25, 0.3) is 0 Å². The Balaban J connectivity index is 1.68. The van der Waals surface area contributed by atoms with Gasteiger partial charge in [-0.1, -0.05) is 60.7 Å². The predicted octanol–water partition coefficient (Wildman–Crippen LogP) is 7.71. The molecule has 0 fully saturated rings. The molecule has 0 amide bonds. The molecule has 0 bridgehead atoms. The maximum Gasteiger partial charge on any atom is 0.138 e. The minimum absolute atomic E-state index is 0.385. The highest BCUT2D eigenvalue weighted by atomic mass is 16.5. The monoisotopic (exact) mass is 480 g/mol. The molecule has 3 N–H and O–H groups in total. The summed E-state index contributed by atoms with van der Waals surface area (Å²) in [6, 6.07) is 25.8. The lowest BCUT2D eigenvalue weighted by molar-refractivity contribution is 0.178. The Morgan fingerprint density at radius 2 is 1.47 bits per heavy atom. The average molecular weight is 481 g/mol. The van der Waals surface area contributed by atoms with Crippen molar-refractivity contribution >= 4 is 17.5 Å². The molecule has 5 nitrogen and oxygen atoms in total. The van der Waals surface area contributed by atoms with Crippen LogP contribution in [0.15, 0.2) is 78.9 Å². The van der Waals surface area contributed by atoms with Crippen molar-refractivity contribution in [2.45, 2.75) is 33.7 Å². The molecule has 4 rings (SSSR count). The molecule has 0 unspecified atom stereocenters. The van der Waals surface area contributed by atoms with Gasteiger partial charge in [-0.3, -0.25) is 0 Å². The first-order chi connectivity index (χ1) is 17.6. The number of benzene rings is 3. The van der Waals surface area contributed by atoms with Crippen LogP contribution in [0.3, 0.4) is 0 Å². The molecule has 0 saturated heterocycles. The van der Waals surface area contributed by atoms with Crippen molar-refractivity contribution in [1.29, 1.82) is 0 Å². The Hall–Kier alpha value is -3.83. The van der Waals surface area contributed by atoms with Crippen molar-refractivity contribution in [3.05, 3.63) is 84.4 Å². The number of hydrogen-bond acceptors (Lipinski definition) is 4. The Bertz CT molecular complexity index is 1250. The van der Waals surface area contributed by atoms with Crippen LogP contribution < -0.4 is 10.6 Å². The number of anilines is 2. The van der Waals surface area contributed by atoms with Crippen LogP contribution in [-0.4, -0.2) is 35.8 Å². The third kappa shape index (κ3) is 6.43. The largest absolute Gasteiger partial charge is 0.385 e. The molecule has 186 valence electrons. The van der Waals surface area contributed by atoms with Crippen molar-refractivity contribution in [3.63, 3.8) is 0 Å². The number of imidazole rings is 1. The summed E-state index contributed by atoms with van der Waals surface area (Å²) in [5.74, 6) is 0.852. The Labute approximate surface area is 214 Å². The van der Waals surface area contributed by atoms with E-state index in [1.165, 1.54) is 0 Å². The molecule has 0 spiro atoms. The fourth-order valence-electron chi connectivity index (χ4n) is 4.07. The number of ether oxygens (including phenoxy) is 1. The molecular formula is C31H36N4O. The minimum Gasteiger partial charge on any atom is -0.385 e. The van der Waals surface area contributed by atoms with Gasteiger partial charge in [0.2, 0.25) is 0 Å². The lowest BCUT2D eigenvalue weighted by atomic mass is 10.0. The van der Waals surface area contributed by atoms with E-state index in [-0.39, 0.29) is 0 Å². The third-order valence-corrected chi connectivity index (χ3v) is 5.78. The number of nitrogens with one attached hydrogen (secondary N) is 3. The van der Waals surface area contributed by atoms with Crippen LogP contribution in [0.1, 0.15) is 33.3 Å². The van der Waals surface area contributed by atoms with Crippen LogP contribution in [0, 0.1) is 0 Å². The molecule has 0 aliphatic heterocycles. The Morgan fingerprint density at radius 1 is 0.833 bits per heavy atom. The van der Waals surface area contributed by atoms with E-state index < -0.39 is 0 Å². The van der Waals surface area contributed by atoms with Crippen LogP contribution in [0.4, 0.5) is 11.4 Å². The summed E-state index contributed by atoms with van der Waals surface area (Å²) in [4.78, 5) is 8.67. The normalized spacial score (nSPS) is 11.4. The summed E-state index contributed by atoms with van der Waals surface area (Å²) in [5.41, 5.74) is 8.53. The average Bonchev–Trinajstić information content (AvgIpc) is 3.33. The number of H-pyrrole nitrogens is 1. The predicted molar refractivity (Wildman–Crippen MR) is 153 cm³/mol. The SMILES string of the molecule is CCNc1ccc(-c2[nH]c(-c3ccc(/C=C/COCC)cc3)nc2-c2ccc(NC(C)C)cc2)cc1. The summed E-state index contributed by atoms with van der Waals surface area (Å²) in [6.07, 6.45) is 4.12. The van der Waals surface area contributed by atoms with Crippen molar-refractivity contribution in [2.24, 2.45) is 0 Å². The minimum atomic E-state index is 0.385. The molecule has 0 atom stereocenters. The summed E-state index contributed by atoms with van der Waals surface area (Å²) in [7, 11) is 0. The van der Waals surface area contributed by atoms with Gasteiger partial charge >= 0.3 is 0 Å². The van der Waals surface area contributed by atoms with Crippen LogP contribution in [-0.2, 0) is 4.74 Å². The number of nitrogens with zero attached hydrogens (tertiary/aromatic N) is 1. The molecule has 0 radical (unpaired) electrons. The fourth-order valence-corrected chi connectivity index (χ4v) is 4.07. The van der Waals surface area contributed by atoms with E-state index in [0.29, 0.717) is 12.6 Å². The molecule has 3 aromatic carbocycles. The quantitative estimate of drug-likeness (QED) is 0.192. The van der Waals surface area contributed by atoms with Crippen LogP contribution in [0.5, 0.6) is 0 Å². The second-order valence-corrected chi connectivity index (χ2v) is 8.98. The van der Waals surface area contributed by atoms with Crippen molar-refractivity contribution in [1.82, 2.24) is 9.97 Å². The number of rotatable bonds is 11. The van der Waals surface area contributed by atoms with Gasteiger partial charge < -0.3 is 20.4 Å². The Kier molecular flexibility index (Phi) is 8.58. The lowest BCUT2D eigenvalue weighted by Gasteiger charge is -2.10. The van der Waals surface area contributed by atoms with E-state index >= 15 is 0 Å². The molecule has 36 heavy (non-hydrogen) atoms. The third-order valence-electron chi connectivity index (χ3n) is 5.78. The highest BCUT2D eigenvalue weighted by Crippen LogP contribution is 2.34. The van der Waals surface area contributed by atoms with E-state index in [9.17, 15) is 0 Å². The standard InChI is InChI=1S/C31H36N4O/c1-5-32-27-17-13-24(14-18-27)29-30(25-15-19-28(20-16-25)33-22(3)4)35-31(34-29)26-11-9-23(10-12-26)8-7-21-36-6-2/h7-20,22,32-33H,5-6,21H2,1-4H3,(H,34,35)/b8-7+. The van der Waals surface area contributed by atoms with E-state index in [1.807, 2.05) is 13.0 Å². The molecule has 1 heterocycles. The first-order valence-electron chi connectivity index (χ1n) is 12.7. The molecule has 0 aliphatic carbocycles. The van der Waals surface area contributed by atoms with Gasteiger partial charge in [-0.15, -0.1) is 0 Å². The van der Waals surface area contributed by atoms with Crippen molar-refractivity contribution < 1.29 is 4.74 Å². The highest BCUT2D eigenvalue weighted by Gasteiger charge is 2.15. The van der Waals surface area contributed by atoms with Crippen LogP contribution >= 0.6 is 0 Å². The molecule has 4 aromatic rings. The highest BCUT2D eigenvalue weighted by molar-refractivity contribution is 5.82. The number of hydrogen-bond donors (Lipinski definition) is 3. The second kappa shape index (κ2) is 12.2. The first-order valence-corrected chi connectivity index (χ1v) is 12.7. The molecule has 5 heteroatoms.